The Morgan fingerprint density at radius 2 is 1.46 bits per heavy atom. The van der Waals surface area contributed by atoms with Crippen LogP contribution in [0.15, 0.2) is 77.7 Å². The summed E-state index contributed by atoms with van der Waals surface area (Å²) in [6.45, 7) is 1.85. The number of nitrogens with one attached hydrogen (secondary N) is 1. The standard InChI is InChI=1S/C20H16F3NO3S/c1-14-6-12-17(13-7-14)28(25,26)24-19-5-3-2-4-18(19)15-8-10-16(11-9-15)27-20(21,22)23/h2-13,24H,1H3. The number of ether oxygens (including phenoxy) is 1. The van der Waals surface area contributed by atoms with Crippen LogP contribution in [0.4, 0.5) is 18.9 Å². The van der Waals surface area contributed by atoms with Crippen LogP contribution in [0, 0.1) is 6.92 Å². The van der Waals surface area contributed by atoms with Crippen LogP contribution in [-0.2, 0) is 10.0 Å². The van der Waals surface area contributed by atoms with Crippen LogP contribution >= 0.6 is 0 Å². The van der Waals surface area contributed by atoms with Crippen LogP contribution in [0.3, 0.4) is 0 Å². The molecule has 0 unspecified atom stereocenters. The molecule has 0 saturated heterocycles. The monoisotopic (exact) mass is 407 g/mol. The van der Waals surface area contributed by atoms with E-state index in [1.807, 2.05) is 6.92 Å². The molecule has 0 aromatic heterocycles. The molecule has 3 aromatic rings. The number of anilines is 1. The lowest BCUT2D eigenvalue weighted by atomic mass is 10.0. The zero-order valence-electron chi connectivity index (χ0n) is 14.7. The molecule has 0 saturated carbocycles. The number of benzene rings is 3. The molecule has 8 heteroatoms. The third-order valence-corrected chi connectivity index (χ3v) is 5.28. The predicted molar refractivity (Wildman–Crippen MR) is 101 cm³/mol. The van der Waals surface area contributed by atoms with Crippen molar-refractivity contribution in [2.45, 2.75) is 18.2 Å². The SMILES string of the molecule is Cc1ccc(S(=O)(=O)Nc2ccccc2-c2ccc(OC(F)(F)F)cc2)cc1. The normalized spacial score (nSPS) is 11.9. The first-order chi connectivity index (χ1) is 13.1. The van der Waals surface area contributed by atoms with Gasteiger partial charge in [0.05, 0.1) is 10.6 Å². The van der Waals surface area contributed by atoms with Crippen molar-refractivity contribution in [3.8, 4) is 16.9 Å². The Morgan fingerprint density at radius 3 is 2.07 bits per heavy atom. The van der Waals surface area contributed by atoms with Gasteiger partial charge in [0, 0.05) is 5.56 Å². The second-order valence-electron chi connectivity index (χ2n) is 6.04. The van der Waals surface area contributed by atoms with Gasteiger partial charge in [-0.05, 0) is 42.8 Å². The summed E-state index contributed by atoms with van der Waals surface area (Å²) >= 11 is 0. The molecular weight excluding hydrogens is 391 g/mol. The molecule has 146 valence electrons. The lowest BCUT2D eigenvalue weighted by Crippen LogP contribution is -2.17. The zero-order chi connectivity index (χ0) is 20.4. The number of hydrogen-bond acceptors (Lipinski definition) is 3. The third kappa shape index (κ3) is 4.83. The molecule has 0 aliphatic heterocycles. The number of sulfonamides is 1. The molecule has 0 atom stereocenters. The van der Waals surface area contributed by atoms with Crippen molar-refractivity contribution in [2.75, 3.05) is 4.72 Å². The highest BCUT2D eigenvalue weighted by atomic mass is 32.2. The first-order valence-corrected chi connectivity index (χ1v) is 9.67. The lowest BCUT2D eigenvalue weighted by molar-refractivity contribution is -0.274. The maximum atomic E-state index is 12.7. The number of halogens is 3. The van der Waals surface area contributed by atoms with Crippen LogP contribution in [0.25, 0.3) is 11.1 Å². The average molecular weight is 407 g/mol. The van der Waals surface area contributed by atoms with E-state index in [4.69, 9.17) is 0 Å². The average Bonchev–Trinajstić information content (AvgIpc) is 2.62. The highest BCUT2D eigenvalue weighted by molar-refractivity contribution is 7.92. The van der Waals surface area contributed by atoms with Gasteiger partial charge in [-0.3, -0.25) is 4.72 Å². The maximum Gasteiger partial charge on any atom is 0.573 e. The first-order valence-electron chi connectivity index (χ1n) is 8.19. The Bertz CT molecular complexity index is 1060. The van der Waals surface area contributed by atoms with Gasteiger partial charge in [-0.15, -0.1) is 13.2 Å². The largest absolute Gasteiger partial charge is 0.573 e. The van der Waals surface area contributed by atoms with Gasteiger partial charge >= 0.3 is 6.36 Å². The van der Waals surface area contributed by atoms with Gasteiger partial charge in [0.25, 0.3) is 10.0 Å². The van der Waals surface area contributed by atoms with Crippen molar-refractivity contribution in [1.82, 2.24) is 0 Å². The summed E-state index contributed by atoms with van der Waals surface area (Å²) in [5, 5.41) is 0. The van der Waals surface area contributed by atoms with Crippen molar-refractivity contribution in [3.05, 3.63) is 78.4 Å². The third-order valence-electron chi connectivity index (χ3n) is 3.90. The minimum atomic E-state index is -4.77. The Kier molecular flexibility index (Phi) is 5.33. The fraction of sp³-hybridized carbons (Fsp3) is 0.100. The Labute approximate surface area is 160 Å². The number of alkyl halides is 3. The van der Waals surface area contributed by atoms with Crippen LogP contribution in [0.5, 0.6) is 5.75 Å². The van der Waals surface area contributed by atoms with E-state index >= 15 is 0 Å². The molecule has 3 aromatic carbocycles. The molecule has 4 nitrogen and oxygen atoms in total. The Balaban J connectivity index is 1.90. The van der Waals surface area contributed by atoms with E-state index in [0.717, 1.165) is 5.56 Å². The van der Waals surface area contributed by atoms with E-state index in [-0.39, 0.29) is 10.6 Å². The quantitative estimate of drug-likeness (QED) is 0.619. The fourth-order valence-electron chi connectivity index (χ4n) is 2.58. The predicted octanol–water partition coefficient (Wildman–Crippen LogP) is 5.36. The molecule has 0 spiro atoms. The minimum Gasteiger partial charge on any atom is -0.406 e. The van der Waals surface area contributed by atoms with Crippen molar-refractivity contribution < 1.29 is 26.3 Å². The first kappa shape index (κ1) is 19.8. The highest BCUT2D eigenvalue weighted by Gasteiger charge is 2.31. The maximum absolute atomic E-state index is 12.7. The summed E-state index contributed by atoms with van der Waals surface area (Å²) in [6.07, 6.45) is -4.77. The summed E-state index contributed by atoms with van der Waals surface area (Å²) in [6, 6.07) is 18.2. The number of rotatable bonds is 5. The van der Waals surface area contributed by atoms with Crippen LogP contribution in [0.2, 0.25) is 0 Å². The second kappa shape index (κ2) is 7.55. The van der Waals surface area contributed by atoms with Gasteiger partial charge in [-0.2, -0.15) is 0 Å². The van der Waals surface area contributed by atoms with Crippen molar-refractivity contribution in [2.24, 2.45) is 0 Å². The van der Waals surface area contributed by atoms with E-state index in [2.05, 4.69) is 9.46 Å². The number of aryl methyl sites for hydroxylation is 1. The van der Waals surface area contributed by atoms with Crippen molar-refractivity contribution >= 4 is 15.7 Å². The summed E-state index contributed by atoms with van der Waals surface area (Å²) in [7, 11) is -3.82. The summed E-state index contributed by atoms with van der Waals surface area (Å²) < 4.78 is 68.6. The molecule has 0 aliphatic carbocycles. The van der Waals surface area contributed by atoms with Gasteiger partial charge in [-0.25, -0.2) is 8.42 Å². The van der Waals surface area contributed by atoms with E-state index in [9.17, 15) is 21.6 Å². The highest BCUT2D eigenvalue weighted by Crippen LogP contribution is 2.32. The van der Waals surface area contributed by atoms with Crippen LogP contribution in [0.1, 0.15) is 5.56 Å². The van der Waals surface area contributed by atoms with Gasteiger partial charge in [0.2, 0.25) is 0 Å². The van der Waals surface area contributed by atoms with E-state index in [1.54, 1.807) is 36.4 Å². The fourth-order valence-corrected chi connectivity index (χ4v) is 3.66. The molecule has 0 amide bonds. The summed E-state index contributed by atoms with van der Waals surface area (Å²) in [5.74, 6) is -0.353. The van der Waals surface area contributed by atoms with Gasteiger partial charge in [-0.1, -0.05) is 48.0 Å². The smallest absolute Gasteiger partial charge is 0.406 e. The number of para-hydroxylation sites is 1. The van der Waals surface area contributed by atoms with Crippen LogP contribution < -0.4 is 9.46 Å². The van der Waals surface area contributed by atoms with Crippen molar-refractivity contribution in [3.63, 3.8) is 0 Å². The Morgan fingerprint density at radius 1 is 0.857 bits per heavy atom. The van der Waals surface area contributed by atoms with Gasteiger partial charge < -0.3 is 4.74 Å². The summed E-state index contributed by atoms with van der Waals surface area (Å²) in [5.41, 5.74) is 2.31. The topological polar surface area (TPSA) is 55.4 Å². The van der Waals surface area contributed by atoms with E-state index in [1.165, 1.54) is 36.4 Å². The van der Waals surface area contributed by atoms with E-state index in [0.29, 0.717) is 16.8 Å². The van der Waals surface area contributed by atoms with Crippen molar-refractivity contribution in [1.29, 1.82) is 0 Å². The molecule has 3 rings (SSSR count). The van der Waals surface area contributed by atoms with Gasteiger partial charge in [0.15, 0.2) is 0 Å². The molecule has 0 radical (unpaired) electrons. The lowest BCUT2D eigenvalue weighted by Gasteiger charge is -2.14. The second-order valence-corrected chi connectivity index (χ2v) is 7.72. The molecule has 0 heterocycles. The molecule has 28 heavy (non-hydrogen) atoms. The van der Waals surface area contributed by atoms with E-state index < -0.39 is 16.4 Å². The molecule has 0 aliphatic rings. The number of hydrogen-bond donors (Lipinski definition) is 1. The molecule has 0 bridgehead atoms. The Hall–Kier alpha value is -3.00. The minimum absolute atomic E-state index is 0.113. The molecular formula is C20H16F3NO3S. The summed E-state index contributed by atoms with van der Waals surface area (Å²) in [4.78, 5) is 0.113. The molecule has 0 fully saturated rings. The molecule has 1 N–H and O–H groups in total. The van der Waals surface area contributed by atoms with Gasteiger partial charge in [0.1, 0.15) is 5.75 Å². The van der Waals surface area contributed by atoms with Crippen LogP contribution in [-0.4, -0.2) is 14.8 Å². The zero-order valence-corrected chi connectivity index (χ0v) is 15.5.